The summed E-state index contributed by atoms with van der Waals surface area (Å²) in [7, 11) is 0. The van der Waals surface area contributed by atoms with Crippen LogP contribution >= 0.6 is 0 Å². The van der Waals surface area contributed by atoms with Gasteiger partial charge in [0.05, 0.1) is 13.2 Å². The van der Waals surface area contributed by atoms with Gasteiger partial charge in [-0.15, -0.1) is 0 Å². The lowest BCUT2D eigenvalue weighted by Gasteiger charge is -2.25. The minimum atomic E-state index is -0.231. The van der Waals surface area contributed by atoms with Crippen LogP contribution in [-0.4, -0.2) is 35.0 Å². The molecule has 0 atom stereocenters. The maximum atomic E-state index is 11.5. The fourth-order valence-corrected chi connectivity index (χ4v) is 1.66. The van der Waals surface area contributed by atoms with Crippen molar-refractivity contribution < 1.29 is 9.53 Å². The number of nitrogens with zero attached hydrogens (tertiary/aromatic N) is 3. The number of hydrogen-bond donors (Lipinski definition) is 0. The molecule has 0 spiro atoms. The Kier molecular flexibility index (Phi) is 5.97. The number of esters is 1. The second kappa shape index (κ2) is 7.49. The van der Waals surface area contributed by atoms with Crippen molar-refractivity contribution in [2.45, 2.75) is 33.4 Å². The summed E-state index contributed by atoms with van der Waals surface area (Å²) in [6, 6.07) is 5.81. The molecule has 5 heteroatoms. The molecule has 0 aliphatic carbocycles. The van der Waals surface area contributed by atoms with Crippen LogP contribution in [-0.2, 0) is 16.1 Å². The molecule has 1 rings (SSSR count). The van der Waals surface area contributed by atoms with Gasteiger partial charge >= 0.3 is 5.97 Å². The van der Waals surface area contributed by atoms with E-state index in [1.165, 1.54) is 0 Å². The summed E-state index contributed by atoms with van der Waals surface area (Å²) < 4.78 is 4.96. The van der Waals surface area contributed by atoms with Gasteiger partial charge in [0.25, 0.3) is 0 Å². The van der Waals surface area contributed by atoms with E-state index in [0.717, 1.165) is 5.56 Å². The number of nitriles is 1. The molecule has 0 aromatic carbocycles. The van der Waals surface area contributed by atoms with Gasteiger partial charge in [-0.3, -0.25) is 9.69 Å². The molecule has 5 nitrogen and oxygen atoms in total. The third-order valence-corrected chi connectivity index (χ3v) is 2.69. The molecule has 1 aromatic heterocycles. The molecule has 0 amide bonds. The highest BCUT2D eigenvalue weighted by atomic mass is 16.5. The molecule has 0 aliphatic heterocycles. The molecular weight excluding hydrogens is 242 g/mol. The van der Waals surface area contributed by atoms with Crippen LogP contribution in [0.1, 0.15) is 32.0 Å². The second-order valence-electron chi connectivity index (χ2n) is 4.46. The number of hydrogen-bond acceptors (Lipinski definition) is 5. The zero-order valence-electron chi connectivity index (χ0n) is 11.6. The normalized spacial score (nSPS) is 10.5. The van der Waals surface area contributed by atoms with Gasteiger partial charge in [-0.2, -0.15) is 5.26 Å². The maximum absolute atomic E-state index is 11.5. The smallest absolute Gasteiger partial charge is 0.320 e. The quantitative estimate of drug-likeness (QED) is 0.729. The number of ether oxygens (including phenoxy) is 1. The molecule has 1 aromatic rings. The van der Waals surface area contributed by atoms with E-state index in [4.69, 9.17) is 10.00 Å². The van der Waals surface area contributed by atoms with Gasteiger partial charge in [-0.1, -0.05) is 0 Å². The van der Waals surface area contributed by atoms with Crippen molar-refractivity contribution in [1.82, 2.24) is 9.88 Å². The Balaban J connectivity index is 2.73. The molecule has 0 unspecified atom stereocenters. The average Bonchev–Trinajstić information content (AvgIpc) is 2.38. The van der Waals surface area contributed by atoms with E-state index >= 15 is 0 Å². The largest absolute Gasteiger partial charge is 0.465 e. The molecular formula is C14H19N3O2. The average molecular weight is 261 g/mol. The second-order valence-corrected chi connectivity index (χ2v) is 4.46. The number of carbonyl (C=O) groups is 1. The summed E-state index contributed by atoms with van der Waals surface area (Å²) in [5.74, 6) is -0.231. The molecule has 1 heterocycles. The zero-order chi connectivity index (χ0) is 14.3. The highest BCUT2D eigenvalue weighted by Gasteiger charge is 2.15. The van der Waals surface area contributed by atoms with Crippen LogP contribution in [0.2, 0.25) is 0 Å². The molecule has 19 heavy (non-hydrogen) atoms. The summed E-state index contributed by atoms with van der Waals surface area (Å²) in [4.78, 5) is 17.5. The third kappa shape index (κ3) is 5.06. The number of pyridine rings is 1. The van der Waals surface area contributed by atoms with Crippen molar-refractivity contribution in [3.05, 3.63) is 29.6 Å². The van der Waals surface area contributed by atoms with Crippen molar-refractivity contribution in [2.24, 2.45) is 0 Å². The predicted octanol–water partition coefficient (Wildman–Crippen LogP) is 1.73. The van der Waals surface area contributed by atoms with Gasteiger partial charge in [-0.05, 0) is 38.5 Å². The summed E-state index contributed by atoms with van der Waals surface area (Å²) in [6.07, 6.45) is 1.61. The first-order valence-corrected chi connectivity index (χ1v) is 6.31. The van der Waals surface area contributed by atoms with E-state index in [9.17, 15) is 4.79 Å². The van der Waals surface area contributed by atoms with Crippen molar-refractivity contribution in [3.8, 4) is 6.07 Å². The van der Waals surface area contributed by atoms with E-state index in [2.05, 4.69) is 4.98 Å². The van der Waals surface area contributed by atoms with E-state index in [1.54, 1.807) is 19.2 Å². The Bertz CT molecular complexity index is 466. The minimum absolute atomic E-state index is 0.211. The molecule has 0 fully saturated rings. The Hall–Kier alpha value is -1.93. The van der Waals surface area contributed by atoms with Crippen LogP contribution in [0.3, 0.4) is 0 Å². The lowest BCUT2D eigenvalue weighted by atomic mass is 10.2. The van der Waals surface area contributed by atoms with Crippen LogP contribution in [0.15, 0.2) is 18.3 Å². The molecule has 0 aliphatic rings. The van der Waals surface area contributed by atoms with Crippen molar-refractivity contribution in [1.29, 1.82) is 5.26 Å². The van der Waals surface area contributed by atoms with Gasteiger partial charge in [-0.25, -0.2) is 4.98 Å². The zero-order valence-corrected chi connectivity index (χ0v) is 11.6. The highest BCUT2D eigenvalue weighted by Crippen LogP contribution is 2.09. The molecule has 0 saturated carbocycles. The number of aromatic nitrogens is 1. The van der Waals surface area contributed by atoms with Crippen LogP contribution in [0.25, 0.3) is 0 Å². The first kappa shape index (κ1) is 15.1. The fraction of sp³-hybridized carbons (Fsp3) is 0.500. The highest BCUT2D eigenvalue weighted by molar-refractivity contribution is 5.71. The molecule has 0 radical (unpaired) electrons. The number of rotatable bonds is 6. The molecule has 0 N–H and O–H groups in total. The van der Waals surface area contributed by atoms with Crippen LogP contribution in [0.5, 0.6) is 0 Å². The van der Waals surface area contributed by atoms with Crippen LogP contribution < -0.4 is 0 Å². The Labute approximate surface area is 113 Å². The minimum Gasteiger partial charge on any atom is -0.465 e. The van der Waals surface area contributed by atoms with Gasteiger partial charge in [0.15, 0.2) is 0 Å². The first-order valence-electron chi connectivity index (χ1n) is 6.31. The summed E-state index contributed by atoms with van der Waals surface area (Å²) >= 11 is 0. The summed E-state index contributed by atoms with van der Waals surface area (Å²) in [5.41, 5.74) is 1.35. The predicted molar refractivity (Wildman–Crippen MR) is 71.1 cm³/mol. The van der Waals surface area contributed by atoms with E-state index in [-0.39, 0.29) is 18.6 Å². The Morgan fingerprint density at radius 3 is 2.89 bits per heavy atom. The number of carbonyl (C=O) groups excluding carboxylic acids is 1. The third-order valence-electron chi connectivity index (χ3n) is 2.69. The van der Waals surface area contributed by atoms with Gasteiger partial charge in [0, 0.05) is 18.8 Å². The van der Waals surface area contributed by atoms with Gasteiger partial charge in [0.1, 0.15) is 11.8 Å². The molecule has 0 bridgehead atoms. The first-order chi connectivity index (χ1) is 9.06. The SMILES string of the molecule is CCOC(=O)CN(Cc1ccnc(C#N)c1)C(C)C. The van der Waals surface area contributed by atoms with Crippen molar-refractivity contribution >= 4 is 5.97 Å². The topological polar surface area (TPSA) is 66.2 Å². The molecule has 0 saturated heterocycles. The van der Waals surface area contributed by atoms with Crippen LogP contribution in [0, 0.1) is 11.3 Å². The van der Waals surface area contributed by atoms with Crippen LogP contribution in [0.4, 0.5) is 0 Å². The van der Waals surface area contributed by atoms with E-state index in [0.29, 0.717) is 18.8 Å². The van der Waals surface area contributed by atoms with E-state index in [1.807, 2.05) is 30.9 Å². The lowest BCUT2D eigenvalue weighted by molar-refractivity contribution is -0.145. The molecule has 102 valence electrons. The van der Waals surface area contributed by atoms with Gasteiger partial charge < -0.3 is 4.74 Å². The maximum Gasteiger partial charge on any atom is 0.320 e. The van der Waals surface area contributed by atoms with Crippen molar-refractivity contribution in [3.63, 3.8) is 0 Å². The lowest BCUT2D eigenvalue weighted by Crippen LogP contribution is -2.36. The Morgan fingerprint density at radius 2 is 2.32 bits per heavy atom. The fourth-order valence-electron chi connectivity index (χ4n) is 1.66. The standard InChI is InChI=1S/C14H19N3O2/c1-4-19-14(18)10-17(11(2)3)9-12-5-6-16-13(7-12)8-15/h5-7,11H,4,9-10H2,1-3H3. The Morgan fingerprint density at radius 1 is 1.58 bits per heavy atom. The summed E-state index contributed by atoms with van der Waals surface area (Å²) in [6.45, 7) is 7.05. The summed E-state index contributed by atoms with van der Waals surface area (Å²) in [5, 5.41) is 8.82. The monoisotopic (exact) mass is 261 g/mol. The van der Waals surface area contributed by atoms with Crippen molar-refractivity contribution in [2.75, 3.05) is 13.2 Å². The van der Waals surface area contributed by atoms with Gasteiger partial charge in [0.2, 0.25) is 0 Å². The van der Waals surface area contributed by atoms with E-state index < -0.39 is 0 Å².